The largest absolute Gasteiger partial charge is 0.270 e. The Morgan fingerprint density at radius 3 is 2.65 bits per heavy atom. The van der Waals surface area contributed by atoms with Crippen LogP contribution in [0.1, 0.15) is 0 Å². The Labute approximate surface area is 131 Å². The lowest BCUT2D eigenvalue weighted by atomic mass is 10.0. The predicted octanol–water partition coefficient (Wildman–Crippen LogP) is 3.49. The molecular weight excluding hydrogens is 299 g/mol. The summed E-state index contributed by atoms with van der Waals surface area (Å²) in [5, 5.41) is 15.3. The number of rotatable bonds is 5. The highest BCUT2D eigenvalue weighted by atomic mass is 19.1. The van der Waals surface area contributed by atoms with Gasteiger partial charge in [-0.2, -0.15) is 5.10 Å². The number of benzene rings is 1. The van der Waals surface area contributed by atoms with Gasteiger partial charge in [-0.15, -0.1) is 0 Å². The molecule has 0 aliphatic heterocycles. The molecule has 0 saturated heterocycles. The van der Waals surface area contributed by atoms with E-state index in [1.54, 1.807) is 30.7 Å². The van der Waals surface area contributed by atoms with Crippen molar-refractivity contribution in [1.29, 1.82) is 0 Å². The van der Waals surface area contributed by atoms with Gasteiger partial charge in [-0.1, -0.05) is 12.1 Å². The van der Waals surface area contributed by atoms with Crippen LogP contribution >= 0.6 is 0 Å². The second kappa shape index (κ2) is 6.35. The van der Waals surface area contributed by atoms with Crippen LogP contribution in [-0.2, 0) is 6.54 Å². The van der Waals surface area contributed by atoms with E-state index in [4.69, 9.17) is 0 Å². The standard InChI is InChI=1S/C16H13FN4O2/c17-6-9-20-11-15(12-4-7-18-8-5-12)16(19-20)13-2-1-3-14(10-13)21(22)23/h1-5,7-8,10-11H,6,9H2. The number of non-ortho nitro benzene ring substituents is 1. The van der Waals surface area contributed by atoms with Crippen molar-refractivity contribution in [3.8, 4) is 22.4 Å². The minimum atomic E-state index is -0.536. The van der Waals surface area contributed by atoms with Crippen molar-refractivity contribution < 1.29 is 9.31 Å². The van der Waals surface area contributed by atoms with Crippen molar-refractivity contribution >= 4 is 5.69 Å². The first-order valence-corrected chi connectivity index (χ1v) is 6.97. The summed E-state index contributed by atoms with van der Waals surface area (Å²) in [5.41, 5.74) is 2.83. The minimum absolute atomic E-state index is 0.0109. The number of nitrogens with zero attached hydrogens (tertiary/aromatic N) is 4. The number of nitro benzene ring substituents is 1. The van der Waals surface area contributed by atoms with Gasteiger partial charge in [0, 0.05) is 41.9 Å². The fraction of sp³-hybridized carbons (Fsp3) is 0.125. The molecular formula is C16H13FN4O2. The lowest BCUT2D eigenvalue weighted by Gasteiger charge is -2.02. The van der Waals surface area contributed by atoms with Crippen molar-refractivity contribution in [2.24, 2.45) is 0 Å². The number of hydrogen-bond acceptors (Lipinski definition) is 4. The highest BCUT2D eigenvalue weighted by Crippen LogP contribution is 2.32. The Hall–Kier alpha value is -3.09. The zero-order valence-electron chi connectivity index (χ0n) is 12.1. The Morgan fingerprint density at radius 2 is 1.96 bits per heavy atom. The fourth-order valence-corrected chi connectivity index (χ4v) is 2.35. The quantitative estimate of drug-likeness (QED) is 0.534. The smallest absolute Gasteiger partial charge is 0.269 e. The molecule has 0 N–H and O–H groups in total. The minimum Gasteiger partial charge on any atom is -0.269 e. The van der Waals surface area contributed by atoms with Crippen LogP contribution in [0, 0.1) is 10.1 Å². The molecule has 3 rings (SSSR count). The highest BCUT2D eigenvalue weighted by molar-refractivity contribution is 5.80. The molecule has 0 saturated carbocycles. The van der Waals surface area contributed by atoms with Crippen LogP contribution in [0.5, 0.6) is 0 Å². The normalized spacial score (nSPS) is 10.7. The van der Waals surface area contributed by atoms with E-state index in [-0.39, 0.29) is 12.2 Å². The van der Waals surface area contributed by atoms with E-state index < -0.39 is 11.6 Å². The van der Waals surface area contributed by atoms with Crippen molar-refractivity contribution in [3.63, 3.8) is 0 Å². The van der Waals surface area contributed by atoms with Gasteiger partial charge >= 0.3 is 0 Å². The average Bonchev–Trinajstić information content (AvgIpc) is 3.00. The van der Waals surface area contributed by atoms with Gasteiger partial charge in [0.25, 0.3) is 5.69 Å². The Bertz CT molecular complexity index is 833. The van der Waals surface area contributed by atoms with E-state index in [2.05, 4.69) is 10.1 Å². The SMILES string of the molecule is O=[N+]([O-])c1cccc(-c2nn(CCF)cc2-c2ccncc2)c1. The van der Waals surface area contributed by atoms with E-state index in [0.29, 0.717) is 11.3 Å². The molecule has 23 heavy (non-hydrogen) atoms. The summed E-state index contributed by atoms with van der Waals surface area (Å²) < 4.78 is 14.1. The molecule has 116 valence electrons. The maximum Gasteiger partial charge on any atom is 0.270 e. The fourth-order valence-electron chi connectivity index (χ4n) is 2.35. The van der Waals surface area contributed by atoms with Crippen LogP contribution in [0.25, 0.3) is 22.4 Å². The van der Waals surface area contributed by atoms with Gasteiger partial charge in [0.2, 0.25) is 0 Å². The number of nitro groups is 1. The van der Waals surface area contributed by atoms with Gasteiger partial charge in [-0.3, -0.25) is 19.8 Å². The number of halogens is 1. The topological polar surface area (TPSA) is 73.8 Å². The zero-order valence-corrected chi connectivity index (χ0v) is 12.1. The van der Waals surface area contributed by atoms with Gasteiger partial charge in [0.15, 0.2) is 0 Å². The molecule has 0 fully saturated rings. The summed E-state index contributed by atoms with van der Waals surface area (Å²) in [7, 11) is 0. The molecule has 0 bridgehead atoms. The first-order valence-electron chi connectivity index (χ1n) is 6.97. The summed E-state index contributed by atoms with van der Waals surface area (Å²) >= 11 is 0. The molecule has 0 amide bonds. The number of alkyl halides is 1. The molecule has 2 aromatic heterocycles. The maximum atomic E-state index is 12.6. The molecule has 0 aliphatic rings. The maximum absolute atomic E-state index is 12.6. The second-order valence-corrected chi connectivity index (χ2v) is 4.89. The molecule has 1 aromatic carbocycles. The third-order valence-corrected chi connectivity index (χ3v) is 3.40. The number of aromatic nitrogens is 3. The van der Waals surface area contributed by atoms with Crippen molar-refractivity contribution in [2.75, 3.05) is 6.67 Å². The number of aryl methyl sites for hydroxylation is 1. The van der Waals surface area contributed by atoms with Crippen molar-refractivity contribution in [2.45, 2.75) is 6.54 Å². The van der Waals surface area contributed by atoms with E-state index in [1.165, 1.54) is 16.8 Å². The van der Waals surface area contributed by atoms with Gasteiger partial charge in [0.05, 0.1) is 11.5 Å². The van der Waals surface area contributed by atoms with E-state index in [1.807, 2.05) is 12.1 Å². The molecule has 0 aliphatic carbocycles. The van der Waals surface area contributed by atoms with E-state index in [0.717, 1.165) is 11.1 Å². The van der Waals surface area contributed by atoms with Gasteiger partial charge in [-0.25, -0.2) is 4.39 Å². The molecule has 7 heteroatoms. The Balaban J connectivity index is 2.14. The molecule has 2 heterocycles. The first-order chi connectivity index (χ1) is 11.2. The summed E-state index contributed by atoms with van der Waals surface area (Å²) in [6, 6.07) is 9.88. The van der Waals surface area contributed by atoms with Crippen LogP contribution in [-0.4, -0.2) is 26.4 Å². The summed E-state index contributed by atoms with van der Waals surface area (Å²) in [5.74, 6) is 0. The summed E-state index contributed by atoms with van der Waals surface area (Å²) in [6.07, 6.45) is 5.04. The third-order valence-electron chi connectivity index (χ3n) is 3.40. The average molecular weight is 312 g/mol. The lowest BCUT2D eigenvalue weighted by Crippen LogP contribution is -1.99. The van der Waals surface area contributed by atoms with Crippen LogP contribution in [0.3, 0.4) is 0 Å². The Kier molecular flexibility index (Phi) is 4.09. The Morgan fingerprint density at radius 1 is 1.17 bits per heavy atom. The molecule has 0 spiro atoms. The van der Waals surface area contributed by atoms with Crippen molar-refractivity contribution in [3.05, 3.63) is 65.1 Å². The van der Waals surface area contributed by atoms with Crippen LogP contribution in [0.4, 0.5) is 10.1 Å². The van der Waals surface area contributed by atoms with Crippen LogP contribution < -0.4 is 0 Å². The van der Waals surface area contributed by atoms with E-state index in [9.17, 15) is 14.5 Å². The molecule has 6 nitrogen and oxygen atoms in total. The third kappa shape index (κ3) is 3.08. The number of hydrogen-bond donors (Lipinski definition) is 0. The monoisotopic (exact) mass is 312 g/mol. The second-order valence-electron chi connectivity index (χ2n) is 4.89. The first kappa shape index (κ1) is 14.8. The van der Waals surface area contributed by atoms with Crippen molar-refractivity contribution in [1.82, 2.24) is 14.8 Å². The lowest BCUT2D eigenvalue weighted by molar-refractivity contribution is -0.384. The summed E-state index contributed by atoms with van der Waals surface area (Å²) in [6.45, 7) is -0.404. The number of pyridine rings is 1. The van der Waals surface area contributed by atoms with Gasteiger partial charge in [-0.05, 0) is 17.7 Å². The van der Waals surface area contributed by atoms with Gasteiger partial charge < -0.3 is 0 Å². The predicted molar refractivity (Wildman–Crippen MR) is 83.5 cm³/mol. The van der Waals surface area contributed by atoms with Crippen LogP contribution in [0.15, 0.2) is 55.0 Å². The van der Waals surface area contributed by atoms with E-state index >= 15 is 0 Å². The molecule has 0 atom stereocenters. The summed E-state index contributed by atoms with van der Waals surface area (Å²) in [4.78, 5) is 14.5. The highest BCUT2D eigenvalue weighted by Gasteiger charge is 2.15. The van der Waals surface area contributed by atoms with Crippen LogP contribution in [0.2, 0.25) is 0 Å². The zero-order chi connectivity index (χ0) is 16.2. The molecule has 0 unspecified atom stereocenters. The van der Waals surface area contributed by atoms with Gasteiger partial charge in [0.1, 0.15) is 12.4 Å². The molecule has 3 aromatic rings. The molecule has 0 radical (unpaired) electrons.